The molecule has 1 saturated carbocycles. The molecule has 2 aromatic carbocycles. The molecular formula is C17H12ClNO4S. The van der Waals surface area contributed by atoms with E-state index in [9.17, 15) is 13.7 Å². The quantitative estimate of drug-likeness (QED) is 0.839. The SMILES string of the molecule is N#C[C@H]1[C@H](c2ccc3c(c2)OCO3)[C@@H]1S(=O)(=O)c1ccc(Cl)cc1. The van der Waals surface area contributed by atoms with Crippen molar-refractivity contribution < 1.29 is 17.9 Å². The molecule has 0 N–H and O–H groups in total. The minimum absolute atomic E-state index is 0.150. The Morgan fingerprint density at radius 3 is 2.50 bits per heavy atom. The Labute approximate surface area is 144 Å². The van der Waals surface area contributed by atoms with Crippen LogP contribution in [0, 0.1) is 17.2 Å². The molecule has 0 aromatic heterocycles. The van der Waals surface area contributed by atoms with Gasteiger partial charge in [-0.15, -0.1) is 0 Å². The van der Waals surface area contributed by atoms with Crippen molar-refractivity contribution in [3.05, 3.63) is 53.1 Å². The predicted molar refractivity (Wildman–Crippen MR) is 86.8 cm³/mol. The minimum atomic E-state index is -3.61. The fourth-order valence-corrected chi connectivity index (χ4v) is 5.32. The number of hydrogen-bond acceptors (Lipinski definition) is 5. The van der Waals surface area contributed by atoms with E-state index in [0.717, 1.165) is 5.56 Å². The van der Waals surface area contributed by atoms with Gasteiger partial charge in [0.15, 0.2) is 21.3 Å². The van der Waals surface area contributed by atoms with Crippen LogP contribution >= 0.6 is 11.6 Å². The molecule has 0 amide bonds. The van der Waals surface area contributed by atoms with Gasteiger partial charge in [0, 0.05) is 10.9 Å². The highest BCUT2D eigenvalue weighted by molar-refractivity contribution is 7.92. The zero-order valence-electron chi connectivity index (χ0n) is 12.3. The smallest absolute Gasteiger partial charge is 0.231 e. The fourth-order valence-electron chi connectivity index (χ4n) is 3.12. The molecule has 1 fully saturated rings. The average molecular weight is 362 g/mol. The molecule has 7 heteroatoms. The highest BCUT2D eigenvalue weighted by Crippen LogP contribution is 2.54. The first-order valence-corrected chi connectivity index (χ1v) is 9.23. The Morgan fingerprint density at radius 2 is 1.79 bits per heavy atom. The van der Waals surface area contributed by atoms with Crippen molar-refractivity contribution in [3.8, 4) is 17.6 Å². The number of nitrogens with zero attached hydrogens (tertiary/aromatic N) is 1. The summed E-state index contributed by atoms with van der Waals surface area (Å²) in [4.78, 5) is 0.181. The maximum atomic E-state index is 12.8. The second-order valence-electron chi connectivity index (χ2n) is 5.76. The molecule has 122 valence electrons. The van der Waals surface area contributed by atoms with Crippen LogP contribution in [-0.4, -0.2) is 20.5 Å². The van der Waals surface area contributed by atoms with E-state index >= 15 is 0 Å². The molecule has 0 bridgehead atoms. The molecule has 2 aliphatic rings. The Balaban J connectivity index is 1.69. The third-order valence-corrected chi connectivity index (χ3v) is 6.87. The largest absolute Gasteiger partial charge is 0.454 e. The topological polar surface area (TPSA) is 76.4 Å². The summed E-state index contributed by atoms with van der Waals surface area (Å²) in [6.45, 7) is 0.150. The predicted octanol–water partition coefficient (Wildman–Crippen LogP) is 3.15. The summed E-state index contributed by atoms with van der Waals surface area (Å²) < 4.78 is 36.3. The van der Waals surface area contributed by atoms with Crippen molar-refractivity contribution >= 4 is 21.4 Å². The molecule has 0 radical (unpaired) electrons. The number of rotatable bonds is 3. The molecule has 24 heavy (non-hydrogen) atoms. The molecule has 1 heterocycles. The van der Waals surface area contributed by atoms with Crippen molar-refractivity contribution in [3.63, 3.8) is 0 Å². The van der Waals surface area contributed by atoms with Gasteiger partial charge in [0.05, 0.1) is 22.1 Å². The van der Waals surface area contributed by atoms with Gasteiger partial charge in [0.2, 0.25) is 6.79 Å². The Kier molecular flexibility index (Phi) is 3.44. The van der Waals surface area contributed by atoms with Crippen LogP contribution in [0.5, 0.6) is 11.5 Å². The molecule has 5 nitrogen and oxygen atoms in total. The van der Waals surface area contributed by atoms with E-state index in [-0.39, 0.29) is 17.6 Å². The number of benzene rings is 2. The lowest BCUT2D eigenvalue weighted by Crippen LogP contribution is -2.10. The molecule has 0 saturated heterocycles. The maximum absolute atomic E-state index is 12.8. The third-order valence-electron chi connectivity index (χ3n) is 4.38. The van der Waals surface area contributed by atoms with Crippen LogP contribution < -0.4 is 9.47 Å². The second kappa shape index (κ2) is 5.40. The maximum Gasteiger partial charge on any atom is 0.231 e. The summed E-state index contributed by atoms with van der Waals surface area (Å²) in [6, 6.07) is 13.4. The van der Waals surface area contributed by atoms with Crippen LogP contribution in [-0.2, 0) is 9.84 Å². The summed E-state index contributed by atoms with van der Waals surface area (Å²) in [5, 5.41) is 9.07. The van der Waals surface area contributed by atoms with Crippen LogP contribution in [0.15, 0.2) is 47.4 Å². The van der Waals surface area contributed by atoms with Crippen molar-refractivity contribution in [1.29, 1.82) is 5.26 Å². The van der Waals surface area contributed by atoms with Gasteiger partial charge in [-0.25, -0.2) is 8.42 Å². The van der Waals surface area contributed by atoms with Crippen LogP contribution in [0.1, 0.15) is 11.5 Å². The van der Waals surface area contributed by atoms with E-state index in [0.29, 0.717) is 16.5 Å². The molecule has 1 aliphatic carbocycles. The van der Waals surface area contributed by atoms with Crippen LogP contribution in [0.2, 0.25) is 5.02 Å². The Hall–Kier alpha value is -2.23. The number of ether oxygens (including phenoxy) is 2. The lowest BCUT2D eigenvalue weighted by Gasteiger charge is -2.05. The number of fused-ring (bicyclic) bond motifs is 1. The first-order valence-electron chi connectivity index (χ1n) is 7.31. The lowest BCUT2D eigenvalue weighted by atomic mass is 10.1. The van der Waals surface area contributed by atoms with Gasteiger partial charge in [0.1, 0.15) is 0 Å². The molecule has 3 atom stereocenters. The monoisotopic (exact) mass is 361 g/mol. The standard InChI is InChI=1S/C17H12ClNO4S/c18-11-2-4-12(5-3-11)24(20,21)17-13(8-19)16(17)10-1-6-14-15(7-10)23-9-22-14/h1-7,13,16-17H,9H2/t13-,16-,17+/m0/s1. The van der Waals surface area contributed by atoms with Gasteiger partial charge >= 0.3 is 0 Å². The summed E-state index contributed by atoms with van der Waals surface area (Å²) in [7, 11) is -3.61. The zero-order valence-corrected chi connectivity index (χ0v) is 13.9. The van der Waals surface area contributed by atoms with Crippen LogP contribution in [0.3, 0.4) is 0 Å². The first-order chi connectivity index (χ1) is 11.5. The van der Waals surface area contributed by atoms with Crippen molar-refractivity contribution in [2.75, 3.05) is 6.79 Å². The van der Waals surface area contributed by atoms with Crippen molar-refractivity contribution in [1.82, 2.24) is 0 Å². The Morgan fingerprint density at radius 1 is 1.08 bits per heavy atom. The highest BCUT2D eigenvalue weighted by atomic mass is 35.5. The van der Waals surface area contributed by atoms with Crippen molar-refractivity contribution in [2.45, 2.75) is 16.1 Å². The molecular weight excluding hydrogens is 350 g/mol. The van der Waals surface area contributed by atoms with Gasteiger partial charge in [-0.3, -0.25) is 0 Å². The van der Waals surface area contributed by atoms with Gasteiger partial charge in [-0.05, 0) is 42.0 Å². The molecule has 1 aliphatic heterocycles. The molecule has 4 rings (SSSR count). The van der Waals surface area contributed by atoms with E-state index in [4.69, 9.17) is 21.1 Å². The van der Waals surface area contributed by atoms with E-state index in [2.05, 4.69) is 6.07 Å². The molecule has 2 aromatic rings. The summed E-state index contributed by atoms with van der Waals surface area (Å²) >= 11 is 5.82. The number of halogens is 1. The van der Waals surface area contributed by atoms with Crippen LogP contribution in [0.4, 0.5) is 0 Å². The van der Waals surface area contributed by atoms with Crippen molar-refractivity contribution in [2.24, 2.45) is 5.92 Å². The first kappa shape index (κ1) is 15.3. The number of nitriles is 1. The van der Waals surface area contributed by atoms with Gasteiger partial charge in [-0.1, -0.05) is 17.7 Å². The lowest BCUT2D eigenvalue weighted by molar-refractivity contribution is 0.174. The highest BCUT2D eigenvalue weighted by Gasteiger charge is 2.59. The summed E-state index contributed by atoms with van der Waals surface area (Å²) in [5.74, 6) is 0.264. The summed E-state index contributed by atoms with van der Waals surface area (Å²) in [5.41, 5.74) is 0.772. The van der Waals surface area contributed by atoms with Gasteiger partial charge in [0.25, 0.3) is 0 Å². The van der Waals surface area contributed by atoms with E-state index < -0.39 is 21.0 Å². The molecule has 0 unspecified atom stereocenters. The minimum Gasteiger partial charge on any atom is -0.454 e. The normalized spacial score (nSPS) is 24.4. The van der Waals surface area contributed by atoms with E-state index in [1.165, 1.54) is 24.3 Å². The molecule has 0 spiro atoms. The number of sulfone groups is 1. The average Bonchev–Trinajstić information content (AvgIpc) is 3.15. The zero-order chi connectivity index (χ0) is 16.9. The number of hydrogen-bond donors (Lipinski definition) is 0. The summed E-state index contributed by atoms with van der Waals surface area (Å²) in [6.07, 6.45) is 0. The third kappa shape index (κ3) is 2.32. The Bertz CT molecular complexity index is 950. The fraction of sp³-hybridized carbons (Fsp3) is 0.235. The van der Waals surface area contributed by atoms with Crippen LogP contribution in [0.25, 0.3) is 0 Å². The van der Waals surface area contributed by atoms with E-state index in [1.807, 2.05) is 0 Å². The second-order valence-corrected chi connectivity index (χ2v) is 8.30. The van der Waals surface area contributed by atoms with E-state index in [1.54, 1.807) is 18.2 Å². The van der Waals surface area contributed by atoms with Gasteiger partial charge in [-0.2, -0.15) is 5.26 Å². The van der Waals surface area contributed by atoms with Gasteiger partial charge < -0.3 is 9.47 Å².